The van der Waals surface area contributed by atoms with E-state index in [-0.39, 0.29) is 5.78 Å². The molecule has 2 aromatic rings. The van der Waals surface area contributed by atoms with Gasteiger partial charge in [0.1, 0.15) is 5.82 Å². The van der Waals surface area contributed by atoms with Gasteiger partial charge >= 0.3 is 0 Å². The molecule has 0 heterocycles. The lowest BCUT2D eigenvalue weighted by Gasteiger charge is -2.08. The predicted molar refractivity (Wildman–Crippen MR) is 82.5 cm³/mol. The van der Waals surface area contributed by atoms with Crippen LogP contribution < -0.4 is 0 Å². The predicted octanol–water partition coefficient (Wildman–Crippen LogP) is 5.02. The molecule has 0 amide bonds. The Labute approximate surface area is 127 Å². The zero-order valence-corrected chi connectivity index (χ0v) is 13.1. The molecule has 0 N–H and O–H groups in total. The third-order valence-corrected chi connectivity index (χ3v) is 3.70. The molecule has 0 fully saturated rings. The Bertz CT molecular complexity index is 635. The molecule has 0 aliphatic heterocycles. The topological polar surface area (TPSA) is 17.1 Å². The molecule has 0 aliphatic carbocycles. The Morgan fingerprint density at radius 2 is 1.95 bits per heavy atom. The standard InChI is InChI=1S/C17H16BrFO/c1-11(2)8-12-4-3-5-13(9-12)17(20)15-10-14(19)6-7-16(15)18/h3-7,9-11H,8H2,1-2H3. The summed E-state index contributed by atoms with van der Waals surface area (Å²) in [5.74, 6) is -0.0434. The first kappa shape index (κ1) is 14.9. The molecule has 3 heteroatoms. The minimum Gasteiger partial charge on any atom is -0.289 e. The molecule has 0 bridgehead atoms. The van der Waals surface area contributed by atoms with Crippen LogP contribution in [0.3, 0.4) is 0 Å². The van der Waals surface area contributed by atoms with Crippen molar-refractivity contribution in [3.63, 3.8) is 0 Å². The first-order valence-electron chi connectivity index (χ1n) is 6.56. The van der Waals surface area contributed by atoms with E-state index in [1.165, 1.54) is 12.1 Å². The van der Waals surface area contributed by atoms with E-state index in [2.05, 4.69) is 29.8 Å². The fourth-order valence-electron chi connectivity index (χ4n) is 2.14. The summed E-state index contributed by atoms with van der Waals surface area (Å²) in [5.41, 5.74) is 2.07. The third kappa shape index (κ3) is 3.54. The average Bonchev–Trinajstić information content (AvgIpc) is 2.40. The Morgan fingerprint density at radius 3 is 2.65 bits per heavy atom. The van der Waals surface area contributed by atoms with Crippen molar-refractivity contribution >= 4 is 21.7 Å². The van der Waals surface area contributed by atoms with Crippen LogP contribution in [0.25, 0.3) is 0 Å². The number of ketones is 1. The van der Waals surface area contributed by atoms with Crippen LogP contribution in [-0.4, -0.2) is 5.78 Å². The van der Waals surface area contributed by atoms with E-state index in [1.807, 2.05) is 18.2 Å². The zero-order valence-electron chi connectivity index (χ0n) is 11.5. The van der Waals surface area contributed by atoms with Crippen molar-refractivity contribution in [1.29, 1.82) is 0 Å². The second kappa shape index (κ2) is 6.31. The molecule has 2 aromatic carbocycles. The van der Waals surface area contributed by atoms with E-state index in [4.69, 9.17) is 0 Å². The highest BCUT2D eigenvalue weighted by atomic mass is 79.9. The van der Waals surface area contributed by atoms with Crippen LogP contribution in [-0.2, 0) is 6.42 Å². The Morgan fingerprint density at radius 1 is 1.20 bits per heavy atom. The highest BCUT2D eigenvalue weighted by Crippen LogP contribution is 2.22. The summed E-state index contributed by atoms with van der Waals surface area (Å²) in [6, 6.07) is 11.7. The first-order chi connectivity index (χ1) is 9.47. The number of rotatable bonds is 4. The van der Waals surface area contributed by atoms with Crippen molar-refractivity contribution in [3.8, 4) is 0 Å². The minimum absolute atomic E-state index is 0.165. The summed E-state index contributed by atoms with van der Waals surface area (Å²) in [7, 11) is 0. The molecule has 0 saturated heterocycles. The number of carbonyl (C=O) groups excluding carboxylic acids is 1. The van der Waals surface area contributed by atoms with Crippen LogP contribution in [0.5, 0.6) is 0 Å². The molecule has 1 nitrogen and oxygen atoms in total. The van der Waals surface area contributed by atoms with Gasteiger partial charge in [0, 0.05) is 15.6 Å². The Kier molecular flexibility index (Phi) is 4.71. The van der Waals surface area contributed by atoms with Gasteiger partial charge in [-0.15, -0.1) is 0 Å². The highest BCUT2D eigenvalue weighted by molar-refractivity contribution is 9.10. The SMILES string of the molecule is CC(C)Cc1cccc(C(=O)c2cc(F)ccc2Br)c1. The number of halogens is 2. The fourth-order valence-corrected chi connectivity index (χ4v) is 2.56. The van der Waals surface area contributed by atoms with Crippen molar-refractivity contribution in [1.82, 2.24) is 0 Å². The quantitative estimate of drug-likeness (QED) is 0.717. The summed E-state index contributed by atoms with van der Waals surface area (Å²) in [6.45, 7) is 4.27. The molecule has 104 valence electrons. The average molecular weight is 335 g/mol. The summed E-state index contributed by atoms with van der Waals surface area (Å²) in [4.78, 5) is 12.5. The summed E-state index contributed by atoms with van der Waals surface area (Å²) < 4.78 is 13.9. The fraction of sp³-hybridized carbons (Fsp3) is 0.235. The molecule has 0 aliphatic rings. The molecule has 2 rings (SSSR count). The van der Waals surface area contributed by atoms with E-state index in [0.717, 1.165) is 12.0 Å². The van der Waals surface area contributed by atoms with E-state index < -0.39 is 5.82 Å². The van der Waals surface area contributed by atoms with Crippen molar-refractivity contribution in [2.45, 2.75) is 20.3 Å². The third-order valence-electron chi connectivity index (χ3n) is 3.01. The molecule has 0 radical (unpaired) electrons. The van der Waals surface area contributed by atoms with E-state index in [0.29, 0.717) is 21.5 Å². The van der Waals surface area contributed by atoms with Crippen molar-refractivity contribution in [2.24, 2.45) is 5.92 Å². The zero-order chi connectivity index (χ0) is 14.7. The Hall–Kier alpha value is -1.48. The van der Waals surface area contributed by atoms with Gasteiger partial charge in [0.05, 0.1) is 0 Å². The minimum atomic E-state index is -0.408. The monoisotopic (exact) mass is 334 g/mol. The van der Waals surface area contributed by atoms with Gasteiger partial charge in [-0.3, -0.25) is 4.79 Å². The van der Waals surface area contributed by atoms with Gasteiger partial charge in [-0.2, -0.15) is 0 Å². The second-order valence-electron chi connectivity index (χ2n) is 5.25. The lowest BCUT2D eigenvalue weighted by Crippen LogP contribution is -2.04. The smallest absolute Gasteiger partial charge is 0.194 e. The van der Waals surface area contributed by atoms with Gasteiger partial charge in [0.25, 0.3) is 0 Å². The molecule has 0 aromatic heterocycles. The van der Waals surface area contributed by atoms with Gasteiger partial charge in [-0.05, 0) is 42.2 Å². The molecular formula is C17H16BrFO. The van der Waals surface area contributed by atoms with Crippen molar-refractivity contribution in [2.75, 3.05) is 0 Å². The molecule has 0 saturated carbocycles. The number of benzene rings is 2. The van der Waals surface area contributed by atoms with Crippen LogP contribution in [0.2, 0.25) is 0 Å². The summed E-state index contributed by atoms with van der Waals surface area (Å²) in [5, 5.41) is 0. The van der Waals surface area contributed by atoms with Gasteiger partial charge in [0.15, 0.2) is 5.78 Å². The molecule has 0 unspecified atom stereocenters. The summed E-state index contributed by atoms with van der Waals surface area (Å²) in [6.07, 6.45) is 0.922. The number of carbonyl (C=O) groups is 1. The molecule has 20 heavy (non-hydrogen) atoms. The lowest BCUT2D eigenvalue weighted by atomic mass is 9.97. The van der Waals surface area contributed by atoms with E-state index in [1.54, 1.807) is 12.1 Å². The molecule has 0 spiro atoms. The largest absolute Gasteiger partial charge is 0.289 e. The van der Waals surface area contributed by atoms with Crippen LogP contribution >= 0.6 is 15.9 Å². The van der Waals surface area contributed by atoms with Crippen LogP contribution in [0, 0.1) is 11.7 Å². The van der Waals surface area contributed by atoms with Crippen molar-refractivity contribution in [3.05, 3.63) is 69.4 Å². The first-order valence-corrected chi connectivity index (χ1v) is 7.35. The Balaban J connectivity index is 2.35. The van der Waals surface area contributed by atoms with E-state index >= 15 is 0 Å². The number of hydrogen-bond donors (Lipinski definition) is 0. The van der Waals surface area contributed by atoms with Crippen LogP contribution in [0.1, 0.15) is 35.3 Å². The van der Waals surface area contributed by atoms with Gasteiger partial charge in [-0.25, -0.2) is 4.39 Å². The maximum Gasteiger partial charge on any atom is 0.194 e. The van der Waals surface area contributed by atoms with Gasteiger partial charge in [-0.1, -0.05) is 48.0 Å². The molecule has 0 atom stereocenters. The maximum atomic E-state index is 13.3. The normalized spacial score (nSPS) is 10.8. The van der Waals surface area contributed by atoms with Gasteiger partial charge in [0.2, 0.25) is 0 Å². The van der Waals surface area contributed by atoms with Crippen LogP contribution in [0.15, 0.2) is 46.9 Å². The number of hydrogen-bond acceptors (Lipinski definition) is 1. The van der Waals surface area contributed by atoms with Crippen molar-refractivity contribution < 1.29 is 9.18 Å². The second-order valence-corrected chi connectivity index (χ2v) is 6.11. The van der Waals surface area contributed by atoms with Crippen LogP contribution in [0.4, 0.5) is 4.39 Å². The lowest BCUT2D eigenvalue weighted by molar-refractivity contribution is 0.103. The maximum absolute atomic E-state index is 13.3. The summed E-state index contributed by atoms with van der Waals surface area (Å²) >= 11 is 3.30. The van der Waals surface area contributed by atoms with E-state index in [9.17, 15) is 9.18 Å². The van der Waals surface area contributed by atoms with Gasteiger partial charge < -0.3 is 0 Å². The highest BCUT2D eigenvalue weighted by Gasteiger charge is 2.14. The molecular weight excluding hydrogens is 319 g/mol.